The van der Waals surface area contributed by atoms with Crippen molar-refractivity contribution in [1.29, 1.82) is 0 Å². The highest BCUT2D eigenvalue weighted by molar-refractivity contribution is 5.93. The van der Waals surface area contributed by atoms with Gasteiger partial charge in [0.1, 0.15) is 5.60 Å². The third-order valence-corrected chi connectivity index (χ3v) is 7.10. The molecule has 4 heterocycles. The first kappa shape index (κ1) is 31.6. The van der Waals surface area contributed by atoms with Crippen LogP contribution in [-0.2, 0) is 16.0 Å². The first-order valence-corrected chi connectivity index (χ1v) is 15.1. The number of aromatic amines is 1. The van der Waals surface area contributed by atoms with Crippen LogP contribution < -0.4 is 0 Å². The first-order valence-electron chi connectivity index (χ1n) is 15.1. The second-order valence-electron chi connectivity index (χ2n) is 11.1. The highest BCUT2D eigenvalue weighted by Gasteiger charge is 2.27. The number of likely N-dealkylation sites (tertiary alicyclic amines) is 1. The van der Waals surface area contributed by atoms with Crippen molar-refractivity contribution in [3.63, 3.8) is 0 Å². The van der Waals surface area contributed by atoms with Crippen LogP contribution in [0.2, 0.25) is 0 Å². The van der Waals surface area contributed by atoms with Crippen molar-refractivity contribution >= 4 is 17.0 Å². The number of rotatable bonds is 4. The summed E-state index contributed by atoms with van der Waals surface area (Å²) in [5, 5.41) is 1.17. The summed E-state index contributed by atoms with van der Waals surface area (Å²) >= 11 is 0. The van der Waals surface area contributed by atoms with E-state index in [-0.39, 0.29) is 6.09 Å². The molecule has 1 amide bonds. The number of pyridine rings is 1. The normalized spacial score (nSPS) is 16.6. The number of nitrogens with zero attached hydrogens (tertiary/aromatic N) is 3. The fourth-order valence-electron chi connectivity index (χ4n) is 5.26. The third-order valence-electron chi connectivity index (χ3n) is 7.10. The maximum atomic E-state index is 12.4. The number of aromatic nitrogens is 2. The Kier molecular flexibility index (Phi) is 11.6. The molecule has 0 aliphatic carbocycles. The molecule has 220 valence electrons. The molecule has 1 N–H and O–H groups in total. The summed E-state index contributed by atoms with van der Waals surface area (Å²) in [7, 11) is 0. The Labute approximate surface area is 241 Å². The summed E-state index contributed by atoms with van der Waals surface area (Å²) in [6, 6.07) is 13.3. The van der Waals surface area contributed by atoms with E-state index < -0.39 is 5.60 Å². The van der Waals surface area contributed by atoms with Gasteiger partial charge in [-0.15, -0.1) is 0 Å². The van der Waals surface area contributed by atoms with Crippen molar-refractivity contribution in [3.05, 3.63) is 53.3 Å². The fourth-order valence-corrected chi connectivity index (χ4v) is 5.26. The molecular formula is C33H50N4O3. The summed E-state index contributed by atoms with van der Waals surface area (Å²) in [6.07, 6.45) is 1.70. The molecule has 3 aromatic rings. The Morgan fingerprint density at radius 2 is 1.62 bits per heavy atom. The van der Waals surface area contributed by atoms with E-state index in [9.17, 15) is 4.79 Å². The van der Waals surface area contributed by atoms with E-state index in [1.54, 1.807) is 0 Å². The van der Waals surface area contributed by atoms with E-state index in [0.29, 0.717) is 5.92 Å². The predicted molar refractivity (Wildman–Crippen MR) is 165 cm³/mol. The number of benzene rings is 1. The van der Waals surface area contributed by atoms with Crippen LogP contribution in [0, 0.1) is 6.92 Å². The first-order chi connectivity index (χ1) is 19.2. The molecule has 2 saturated heterocycles. The number of hydrogen-bond donors (Lipinski definition) is 1. The number of carbonyl (C=O) groups is 1. The van der Waals surface area contributed by atoms with Crippen LogP contribution >= 0.6 is 0 Å². The summed E-state index contributed by atoms with van der Waals surface area (Å²) in [6.45, 7) is 21.7. The van der Waals surface area contributed by atoms with Gasteiger partial charge in [0.15, 0.2) is 0 Å². The third kappa shape index (κ3) is 8.31. The van der Waals surface area contributed by atoms with Gasteiger partial charge in [-0.05, 0) is 64.2 Å². The lowest BCUT2D eigenvalue weighted by atomic mass is 9.89. The molecule has 40 heavy (non-hydrogen) atoms. The fraction of sp³-hybridized carbons (Fsp3) is 0.576. The number of aryl methyl sites for hydroxylation is 1. The summed E-state index contributed by atoms with van der Waals surface area (Å²) in [4.78, 5) is 25.2. The quantitative estimate of drug-likeness (QED) is 0.363. The monoisotopic (exact) mass is 550 g/mol. The van der Waals surface area contributed by atoms with Crippen molar-refractivity contribution in [2.45, 2.75) is 86.3 Å². The molecule has 2 aliphatic rings. The topological polar surface area (TPSA) is 70.7 Å². The van der Waals surface area contributed by atoms with Gasteiger partial charge in [0.2, 0.25) is 0 Å². The predicted octanol–water partition coefficient (Wildman–Crippen LogP) is 7.54. The van der Waals surface area contributed by atoms with Crippen molar-refractivity contribution < 1.29 is 14.3 Å². The smallest absolute Gasteiger partial charge is 0.410 e. The van der Waals surface area contributed by atoms with E-state index >= 15 is 0 Å². The Balaban J connectivity index is 0.00000106. The molecule has 0 saturated carbocycles. The number of amides is 1. The minimum atomic E-state index is -0.457. The summed E-state index contributed by atoms with van der Waals surface area (Å²) in [5.74, 6) is 0.454. The summed E-state index contributed by atoms with van der Waals surface area (Å²) in [5.41, 5.74) is 6.40. The number of hydrogen-bond acceptors (Lipinski definition) is 5. The van der Waals surface area contributed by atoms with E-state index in [1.165, 1.54) is 16.6 Å². The number of ether oxygens (including phenoxy) is 2. The SMILES string of the molecule is CC.CC.Cc1cc2[nH]c(CN3CCOCC3)cc2c(-c2ccc(C3CCN(C(=O)OC(C)(C)C)CC3)cc2)n1. The zero-order valence-electron chi connectivity index (χ0n) is 26.0. The van der Waals surface area contributed by atoms with Crippen LogP contribution in [0.25, 0.3) is 22.2 Å². The standard InChI is InChI=1S/C29H38N4O3.2C2H6/c1-20-17-26-25(18-24(31-26)19-32-13-15-35-16-14-32)27(30-20)23-7-5-21(6-8-23)22-9-11-33(12-10-22)28(34)36-29(2,3)4;2*1-2/h5-8,17-18,22,31H,9-16,19H2,1-4H3;2*1-2H3. The van der Waals surface area contributed by atoms with Crippen molar-refractivity contribution in [2.75, 3.05) is 39.4 Å². The highest BCUT2D eigenvalue weighted by Crippen LogP contribution is 2.33. The molecule has 7 heteroatoms. The van der Waals surface area contributed by atoms with Crippen LogP contribution in [0.15, 0.2) is 36.4 Å². The maximum absolute atomic E-state index is 12.4. The molecule has 0 unspecified atom stereocenters. The van der Waals surface area contributed by atoms with Crippen LogP contribution in [0.1, 0.15) is 84.2 Å². The molecule has 5 rings (SSSR count). The van der Waals surface area contributed by atoms with Gasteiger partial charge >= 0.3 is 6.09 Å². The molecule has 1 aromatic carbocycles. The van der Waals surface area contributed by atoms with Crippen LogP contribution in [-0.4, -0.2) is 70.9 Å². The lowest BCUT2D eigenvalue weighted by molar-refractivity contribution is 0.0205. The van der Waals surface area contributed by atoms with Gasteiger partial charge < -0.3 is 19.4 Å². The van der Waals surface area contributed by atoms with Gasteiger partial charge in [0.25, 0.3) is 0 Å². The second-order valence-corrected chi connectivity index (χ2v) is 11.1. The van der Waals surface area contributed by atoms with Crippen molar-refractivity contribution in [2.24, 2.45) is 0 Å². The maximum Gasteiger partial charge on any atom is 0.410 e. The largest absolute Gasteiger partial charge is 0.444 e. The number of fused-ring (bicyclic) bond motifs is 1. The van der Waals surface area contributed by atoms with Crippen LogP contribution in [0.5, 0.6) is 0 Å². The van der Waals surface area contributed by atoms with Gasteiger partial charge in [-0.1, -0.05) is 52.0 Å². The Morgan fingerprint density at radius 3 is 2.23 bits per heavy atom. The van der Waals surface area contributed by atoms with E-state index in [2.05, 4.69) is 53.2 Å². The summed E-state index contributed by atoms with van der Waals surface area (Å²) < 4.78 is 11.0. The van der Waals surface area contributed by atoms with Gasteiger partial charge in [0, 0.05) is 60.6 Å². The minimum Gasteiger partial charge on any atom is -0.444 e. The second kappa shape index (κ2) is 14.6. The highest BCUT2D eigenvalue weighted by atomic mass is 16.6. The number of morpholine rings is 1. The average Bonchev–Trinajstić information content (AvgIpc) is 3.36. The van der Waals surface area contributed by atoms with Gasteiger partial charge in [-0.3, -0.25) is 9.88 Å². The molecular weight excluding hydrogens is 500 g/mol. The Hall–Kier alpha value is -2.90. The average molecular weight is 551 g/mol. The van der Waals surface area contributed by atoms with E-state index in [1.807, 2.05) is 53.4 Å². The van der Waals surface area contributed by atoms with Gasteiger partial charge in [-0.25, -0.2) is 4.79 Å². The number of carbonyl (C=O) groups excluding carboxylic acids is 1. The van der Waals surface area contributed by atoms with E-state index in [0.717, 1.165) is 81.2 Å². The number of piperidine rings is 1. The Morgan fingerprint density at radius 1 is 1.00 bits per heavy atom. The zero-order chi connectivity index (χ0) is 29.3. The van der Waals surface area contributed by atoms with Crippen LogP contribution in [0.3, 0.4) is 0 Å². The number of H-pyrrole nitrogens is 1. The molecule has 0 bridgehead atoms. The van der Waals surface area contributed by atoms with Crippen LogP contribution in [0.4, 0.5) is 4.79 Å². The lowest BCUT2D eigenvalue weighted by Gasteiger charge is -2.33. The molecule has 0 spiro atoms. The van der Waals surface area contributed by atoms with Gasteiger partial charge in [-0.2, -0.15) is 0 Å². The molecule has 0 atom stereocenters. The lowest BCUT2D eigenvalue weighted by Crippen LogP contribution is -2.41. The minimum absolute atomic E-state index is 0.203. The Bertz CT molecular complexity index is 1200. The molecule has 7 nitrogen and oxygen atoms in total. The molecule has 2 aromatic heterocycles. The molecule has 2 fully saturated rings. The zero-order valence-corrected chi connectivity index (χ0v) is 26.0. The van der Waals surface area contributed by atoms with Gasteiger partial charge in [0.05, 0.1) is 18.9 Å². The number of nitrogens with one attached hydrogen (secondary N) is 1. The molecule has 2 aliphatic heterocycles. The van der Waals surface area contributed by atoms with Crippen molar-refractivity contribution in [3.8, 4) is 11.3 Å². The molecule has 0 radical (unpaired) electrons. The van der Waals surface area contributed by atoms with E-state index in [4.69, 9.17) is 14.5 Å². The van der Waals surface area contributed by atoms with Crippen molar-refractivity contribution in [1.82, 2.24) is 19.8 Å².